The molecule has 0 aliphatic rings. The van der Waals surface area contributed by atoms with Gasteiger partial charge in [0.05, 0.1) is 4.47 Å². The minimum absolute atomic E-state index is 0.283. The second-order valence-corrected chi connectivity index (χ2v) is 5.12. The van der Waals surface area contributed by atoms with Crippen LogP contribution in [-0.2, 0) is 6.61 Å². The first-order chi connectivity index (χ1) is 9.08. The molecule has 0 amide bonds. The number of thiocarbonyl (C=S) groups is 1. The zero-order chi connectivity index (χ0) is 13.8. The predicted octanol–water partition coefficient (Wildman–Crippen LogP) is 3.80. The number of benzene rings is 2. The van der Waals surface area contributed by atoms with E-state index in [4.69, 9.17) is 22.7 Å². The van der Waals surface area contributed by atoms with Crippen LogP contribution in [0.5, 0.6) is 5.75 Å². The summed E-state index contributed by atoms with van der Waals surface area (Å²) >= 11 is 8.06. The fourth-order valence-corrected chi connectivity index (χ4v) is 2.05. The zero-order valence-corrected chi connectivity index (χ0v) is 12.3. The van der Waals surface area contributed by atoms with Gasteiger partial charge in [0.25, 0.3) is 0 Å². The Kier molecular flexibility index (Phi) is 4.50. The standard InChI is InChI=1S/C14H11BrFNOS/c15-13-10(2-1-3-12(13)16)8-18-11-6-4-9(5-7-11)14(17)19/h1-7H,8H2,(H2,17,19). The quantitative estimate of drug-likeness (QED) is 0.860. The van der Waals surface area contributed by atoms with Gasteiger partial charge in [-0.2, -0.15) is 0 Å². The van der Waals surface area contributed by atoms with Crippen molar-refractivity contribution in [2.24, 2.45) is 5.73 Å². The summed E-state index contributed by atoms with van der Waals surface area (Å²) in [4.78, 5) is 0.347. The highest BCUT2D eigenvalue weighted by Gasteiger charge is 2.05. The molecule has 2 aromatic carbocycles. The summed E-state index contributed by atoms with van der Waals surface area (Å²) < 4.78 is 19.3. The van der Waals surface area contributed by atoms with Crippen LogP contribution in [0.3, 0.4) is 0 Å². The lowest BCUT2D eigenvalue weighted by molar-refractivity contribution is 0.304. The topological polar surface area (TPSA) is 35.2 Å². The van der Waals surface area contributed by atoms with Crippen molar-refractivity contribution < 1.29 is 9.13 Å². The Hall–Kier alpha value is -1.46. The van der Waals surface area contributed by atoms with E-state index in [-0.39, 0.29) is 12.4 Å². The highest BCUT2D eigenvalue weighted by Crippen LogP contribution is 2.22. The van der Waals surface area contributed by atoms with Crippen molar-refractivity contribution in [1.82, 2.24) is 0 Å². The molecule has 2 rings (SSSR count). The molecule has 2 nitrogen and oxygen atoms in total. The van der Waals surface area contributed by atoms with Crippen molar-refractivity contribution in [2.75, 3.05) is 0 Å². The third-order valence-corrected chi connectivity index (χ3v) is 3.69. The molecule has 0 fully saturated rings. The van der Waals surface area contributed by atoms with Gasteiger partial charge in [-0.3, -0.25) is 0 Å². The molecule has 0 atom stereocenters. The Balaban J connectivity index is 2.06. The van der Waals surface area contributed by atoms with Gasteiger partial charge >= 0.3 is 0 Å². The van der Waals surface area contributed by atoms with Gasteiger partial charge in [0, 0.05) is 11.1 Å². The van der Waals surface area contributed by atoms with Gasteiger partial charge < -0.3 is 10.5 Å². The van der Waals surface area contributed by atoms with Crippen molar-refractivity contribution in [3.63, 3.8) is 0 Å². The smallest absolute Gasteiger partial charge is 0.137 e. The van der Waals surface area contributed by atoms with E-state index < -0.39 is 0 Å². The Bertz CT molecular complexity index is 601. The van der Waals surface area contributed by atoms with E-state index in [2.05, 4.69) is 15.9 Å². The van der Waals surface area contributed by atoms with E-state index in [0.717, 1.165) is 11.1 Å². The van der Waals surface area contributed by atoms with E-state index in [1.165, 1.54) is 6.07 Å². The summed E-state index contributed by atoms with van der Waals surface area (Å²) in [6, 6.07) is 12.0. The molecule has 0 aromatic heterocycles. The van der Waals surface area contributed by atoms with E-state index in [0.29, 0.717) is 15.2 Å². The van der Waals surface area contributed by atoms with E-state index in [1.807, 2.05) is 0 Å². The van der Waals surface area contributed by atoms with Crippen LogP contribution >= 0.6 is 28.1 Å². The molecule has 98 valence electrons. The van der Waals surface area contributed by atoms with E-state index in [9.17, 15) is 4.39 Å². The van der Waals surface area contributed by atoms with Crippen LogP contribution in [0.1, 0.15) is 11.1 Å². The lowest BCUT2D eigenvalue weighted by Crippen LogP contribution is -2.08. The van der Waals surface area contributed by atoms with Crippen LogP contribution < -0.4 is 10.5 Å². The molecule has 0 unspecified atom stereocenters. The summed E-state index contributed by atoms with van der Waals surface area (Å²) in [5.41, 5.74) is 7.04. The number of hydrogen-bond donors (Lipinski definition) is 1. The van der Waals surface area contributed by atoms with Crippen molar-refractivity contribution in [2.45, 2.75) is 6.61 Å². The van der Waals surface area contributed by atoms with E-state index >= 15 is 0 Å². The monoisotopic (exact) mass is 339 g/mol. The molecule has 5 heteroatoms. The molecule has 0 bridgehead atoms. The summed E-state index contributed by atoms with van der Waals surface area (Å²) in [6.45, 7) is 0.283. The second-order valence-electron chi connectivity index (χ2n) is 3.89. The fraction of sp³-hybridized carbons (Fsp3) is 0.0714. The van der Waals surface area contributed by atoms with Crippen molar-refractivity contribution in [3.8, 4) is 5.75 Å². The molecule has 2 N–H and O–H groups in total. The Morgan fingerprint density at radius 3 is 2.53 bits per heavy atom. The SMILES string of the molecule is NC(=S)c1ccc(OCc2cccc(F)c2Br)cc1. The van der Waals surface area contributed by atoms with Crippen LogP contribution in [0.2, 0.25) is 0 Å². The molecule has 0 aliphatic carbocycles. The summed E-state index contributed by atoms with van der Waals surface area (Å²) in [7, 11) is 0. The van der Waals surface area contributed by atoms with Crippen molar-refractivity contribution in [3.05, 3.63) is 63.9 Å². The van der Waals surface area contributed by atoms with Crippen LogP contribution in [0.25, 0.3) is 0 Å². The first-order valence-corrected chi connectivity index (χ1v) is 6.73. The number of ether oxygens (including phenoxy) is 1. The number of hydrogen-bond acceptors (Lipinski definition) is 2. The maximum absolute atomic E-state index is 13.3. The summed E-state index contributed by atoms with van der Waals surface area (Å²) in [5.74, 6) is 0.376. The zero-order valence-electron chi connectivity index (χ0n) is 9.90. The maximum Gasteiger partial charge on any atom is 0.137 e. The first-order valence-electron chi connectivity index (χ1n) is 5.53. The van der Waals surface area contributed by atoms with Crippen LogP contribution in [0, 0.1) is 5.82 Å². The Labute approximate surface area is 124 Å². The molecule has 19 heavy (non-hydrogen) atoms. The second kappa shape index (κ2) is 6.12. The van der Waals surface area contributed by atoms with Gasteiger partial charge in [-0.25, -0.2) is 4.39 Å². The Morgan fingerprint density at radius 1 is 1.21 bits per heavy atom. The van der Waals surface area contributed by atoms with Gasteiger partial charge in [-0.05, 0) is 46.3 Å². The van der Waals surface area contributed by atoms with Gasteiger partial charge in [-0.15, -0.1) is 0 Å². The first kappa shape index (κ1) is 14.0. The molecule has 0 heterocycles. The molecule has 0 radical (unpaired) electrons. The predicted molar refractivity (Wildman–Crippen MR) is 80.8 cm³/mol. The molecular weight excluding hydrogens is 329 g/mol. The van der Waals surface area contributed by atoms with Crippen molar-refractivity contribution >= 4 is 33.1 Å². The highest BCUT2D eigenvalue weighted by atomic mass is 79.9. The third-order valence-electron chi connectivity index (χ3n) is 2.56. The van der Waals surface area contributed by atoms with Gasteiger partial charge in [0.15, 0.2) is 0 Å². The molecule has 0 saturated carbocycles. The number of halogens is 2. The summed E-state index contributed by atoms with van der Waals surface area (Å²) in [5, 5.41) is 0. The maximum atomic E-state index is 13.3. The van der Waals surface area contributed by atoms with Crippen LogP contribution in [0.4, 0.5) is 4.39 Å². The lowest BCUT2D eigenvalue weighted by Gasteiger charge is -2.09. The van der Waals surface area contributed by atoms with Crippen molar-refractivity contribution in [1.29, 1.82) is 0 Å². The normalized spacial score (nSPS) is 10.2. The average molecular weight is 340 g/mol. The molecule has 0 aliphatic heterocycles. The minimum Gasteiger partial charge on any atom is -0.489 e. The van der Waals surface area contributed by atoms with Crippen LogP contribution in [-0.4, -0.2) is 4.99 Å². The minimum atomic E-state index is -0.301. The van der Waals surface area contributed by atoms with E-state index in [1.54, 1.807) is 36.4 Å². The third kappa shape index (κ3) is 3.52. The highest BCUT2D eigenvalue weighted by molar-refractivity contribution is 9.10. The van der Waals surface area contributed by atoms with Gasteiger partial charge in [0.2, 0.25) is 0 Å². The largest absolute Gasteiger partial charge is 0.489 e. The molecule has 0 spiro atoms. The summed E-state index contributed by atoms with van der Waals surface area (Å²) in [6.07, 6.45) is 0. The van der Waals surface area contributed by atoms with Gasteiger partial charge in [0.1, 0.15) is 23.2 Å². The molecule has 2 aromatic rings. The number of nitrogens with two attached hydrogens (primary N) is 1. The Morgan fingerprint density at radius 2 is 1.89 bits per heavy atom. The lowest BCUT2D eigenvalue weighted by atomic mass is 10.2. The molecular formula is C14H11BrFNOS. The average Bonchev–Trinajstić information content (AvgIpc) is 2.41. The fourth-order valence-electron chi connectivity index (χ4n) is 1.54. The van der Waals surface area contributed by atoms with Crippen LogP contribution in [0.15, 0.2) is 46.9 Å². The molecule has 0 saturated heterocycles. The number of rotatable bonds is 4. The van der Waals surface area contributed by atoms with Gasteiger partial charge in [-0.1, -0.05) is 24.4 Å².